The summed E-state index contributed by atoms with van der Waals surface area (Å²) in [7, 11) is 0. The highest BCUT2D eigenvalue weighted by atomic mass is 15.1. The summed E-state index contributed by atoms with van der Waals surface area (Å²) in [6.07, 6.45) is 0. The van der Waals surface area contributed by atoms with Crippen molar-refractivity contribution < 1.29 is 0 Å². The topological polar surface area (TPSA) is 17.8 Å². The maximum atomic E-state index is 5.07. The molecule has 0 bridgehead atoms. The van der Waals surface area contributed by atoms with E-state index in [-0.39, 0.29) is 0 Å². The molecule has 55 heavy (non-hydrogen) atoms. The zero-order chi connectivity index (χ0) is 36.3. The maximum absolute atomic E-state index is 5.07. The molecule has 0 aliphatic rings. The van der Waals surface area contributed by atoms with E-state index in [9.17, 15) is 0 Å². The highest BCUT2D eigenvalue weighted by Crippen LogP contribution is 2.40. The summed E-state index contributed by atoms with van der Waals surface area (Å²) >= 11 is 0. The summed E-state index contributed by atoms with van der Waals surface area (Å²) in [5.41, 5.74) is 6.58. The molecule has 10 aromatic carbocycles. The van der Waals surface area contributed by atoms with Crippen LogP contribution < -0.4 is 0 Å². The van der Waals surface area contributed by atoms with Crippen LogP contribution in [0.2, 0.25) is 0 Å². The molecular weight excluding hydrogens is 665 g/mol. The lowest BCUT2D eigenvalue weighted by Gasteiger charge is -2.13. The van der Waals surface area contributed by atoms with Crippen LogP contribution in [-0.4, -0.2) is 9.55 Å². The molecule has 256 valence electrons. The van der Waals surface area contributed by atoms with E-state index in [0.29, 0.717) is 0 Å². The summed E-state index contributed by atoms with van der Waals surface area (Å²) in [5, 5.41) is 14.8. The van der Waals surface area contributed by atoms with Gasteiger partial charge < -0.3 is 0 Å². The third kappa shape index (κ3) is 5.07. The number of hydrogen-bond acceptors (Lipinski definition) is 1. The van der Waals surface area contributed by atoms with Gasteiger partial charge in [-0.15, -0.1) is 0 Å². The summed E-state index contributed by atoms with van der Waals surface area (Å²) in [4.78, 5) is 5.07. The van der Waals surface area contributed by atoms with Crippen molar-refractivity contribution in [3.8, 4) is 28.2 Å². The Morgan fingerprint density at radius 3 is 1.49 bits per heavy atom. The first-order valence-corrected chi connectivity index (χ1v) is 18.9. The quantitative estimate of drug-likeness (QED) is 0.180. The summed E-state index contributed by atoms with van der Waals surface area (Å²) in [5.74, 6) is 0.937. The normalized spacial score (nSPS) is 11.6. The molecule has 2 heteroatoms. The lowest BCUT2D eigenvalue weighted by molar-refractivity contribution is 1.10. The van der Waals surface area contributed by atoms with Crippen molar-refractivity contribution in [2.75, 3.05) is 0 Å². The van der Waals surface area contributed by atoms with Gasteiger partial charge in [0.25, 0.3) is 0 Å². The van der Waals surface area contributed by atoms with Crippen LogP contribution in [0, 0.1) is 0 Å². The SMILES string of the molecule is c1ccc(-c2nc3ccccc3n2-c2ccc(-c3ccc4c5ccccc5c5ccccc5c5ccccc5c5c6ccccc6ccc5c4c3)cc2)cc1. The molecule has 0 fully saturated rings. The van der Waals surface area contributed by atoms with Crippen LogP contribution in [0.15, 0.2) is 206 Å². The van der Waals surface area contributed by atoms with Gasteiger partial charge in [0.1, 0.15) is 5.82 Å². The number of aromatic nitrogens is 2. The molecule has 0 spiro atoms. The van der Waals surface area contributed by atoms with Gasteiger partial charge in [-0.05, 0) is 106 Å². The highest BCUT2D eigenvalue weighted by Gasteiger charge is 2.15. The van der Waals surface area contributed by atoms with Gasteiger partial charge in [0.05, 0.1) is 11.0 Å². The predicted octanol–water partition coefficient (Wildman–Crippen LogP) is 14.4. The van der Waals surface area contributed by atoms with Crippen molar-refractivity contribution in [1.82, 2.24) is 9.55 Å². The second-order valence-electron chi connectivity index (χ2n) is 14.3. The third-order valence-corrected chi connectivity index (χ3v) is 11.2. The van der Waals surface area contributed by atoms with E-state index in [4.69, 9.17) is 4.98 Å². The van der Waals surface area contributed by atoms with Crippen LogP contribution in [0.25, 0.3) is 104 Å². The fourth-order valence-corrected chi connectivity index (χ4v) is 8.68. The van der Waals surface area contributed by atoms with E-state index in [1.54, 1.807) is 0 Å². The van der Waals surface area contributed by atoms with Crippen molar-refractivity contribution in [2.24, 2.45) is 0 Å². The van der Waals surface area contributed by atoms with E-state index < -0.39 is 0 Å². The summed E-state index contributed by atoms with van der Waals surface area (Å²) < 4.78 is 2.27. The van der Waals surface area contributed by atoms with E-state index in [2.05, 4.69) is 205 Å². The van der Waals surface area contributed by atoms with Crippen molar-refractivity contribution >= 4 is 75.7 Å². The molecule has 0 N–H and O–H groups in total. The van der Waals surface area contributed by atoms with Gasteiger partial charge in [-0.3, -0.25) is 4.57 Å². The first-order valence-electron chi connectivity index (χ1n) is 18.9. The van der Waals surface area contributed by atoms with Gasteiger partial charge in [-0.2, -0.15) is 0 Å². The number of para-hydroxylation sites is 2. The average Bonchev–Trinajstić information content (AvgIpc) is 3.66. The van der Waals surface area contributed by atoms with Gasteiger partial charge in [-0.25, -0.2) is 4.98 Å². The Bertz CT molecular complexity index is 3360. The monoisotopic (exact) mass is 698 g/mol. The number of hydrogen-bond donors (Lipinski definition) is 0. The van der Waals surface area contributed by atoms with Crippen LogP contribution in [0.4, 0.5) is 0 Å². The molecule has 0 saturated carbocycles. The second-order valence-corrected chi connectivity index (χ2v) is 14.3. The molecule has 11 aromatic rings. The van der Waals surface area contributed by atoms with E-state index >= 15 is 0 Å². The zero-order valence-electron chi connectivity index (χ0n) is 30.0. The zero-order valence-corrected chi connectivity index (χ0v) is 30.0. The fraction of sp³-hybridized carbons (Fsp3) is 0. The molecule has 1 aromatic heterocycles. The third-order valence-electron chi connectivity index (χ3n) is 11.2. The lowest BCUT2D eigenvalue weighted by Crippen LogP contribution is -1.97. The largest absolute Gasteiger partial charge is 0.292 e. The van der Waals surface area contributed by atoms with Gasteiger partial charge in [0.15, 0.2) is 0 Å². The smallest absolute Gasteiger partial charge is 0.145 e. The minimum absolute atomic E-state index is 0.937. The van der Waals surface area contributed by atoms with Gasteiger partial charge >= 0.3 is 0 Å². The number of imidazole rings is 1. The molecule has 1 heterocycles. The molecule has 0 aliphatic heterocycles. The highest BCUT2D eigenvalue weighted by molar-refractivity contribution is 6.30. The fourth-order valence-electron chi connectivity index (χ4n) is 8.68. The van der Waals surface area contributed by atoms with E-state index in [1.165, 1.54) is 70.2 Å². The van der Waals surface area contributed by atoms with Gasteiger partial charge in [-0.1, -0.05) is 176 Å². The standard InChI is InChI=1S/C53H34N2/c1-2-15-37(16-3-1)53-54-50-24-12-13-25-51(50)55(53)39-30-26-35(27-31-39)38-29-32-46-44-21-9-7-19-42(44)41-18-6-8-20-43(41)45-22-10-11-23-47(45)52-40-17-5-4-14-36(40)28-33-48(52)49(46)34-38/h1-34H. The molecule has 11 rings (SSSR count). The van der Waals surface area contributed by atoms with Crippen LogP contribution in [0.5, 0.6) is 0 Å². The van der Waals surface area contributed by atoms with Crippen LogP contribution in [0.3, 0.4) is 0 Å². The molecule has 0 amide bonds. The van der Waals surface area contributed by atoms with Crippen LogP contribution in [0.1, 0.15) is 0 Å². The second kappa shape index (κ2) is 12.7. The Morgan fingerprint density at radius 1 is 0.309 bits per heavy atom. The molecule has 0 aliphatic carbocycles. The first-order chi connectivity index (χ1) is 27.3. The maximum Gasteiger partial charge on any atom is 0.145 e. The van der Waals surface area contributed by atoms with E-state index in [0.717, 1.165) is 33.7 Å². The Hall–Kier alpha value is -7.29. The Kier molecular flexibility index (Phi) is 7.21. The first kappa shape index (κ1) is 31.3. The van der Waals surface area contributed by atoms with Gasteiger partial charge in [0.2, 0.25) is 0 Å². The van der Waals surface area contributed by atoms with E-state index in [1.807, 2.05) is 6.07 Å². The Labute approximate surface area is 318 Å². The van der Waals surface area contributed by atoms with Gasteiger partial charge in [0, 0.05) is 11.3 Å². The van der Waals surface area contributed by atoms with Crippen molar-refractivity contribution in [3.05, 3.63) is 206 Å². The molecular formula is C53H34N2. The molecule has 0 atom stereocenters. The Morgan fingerprint density at radius 2 is 0.800 bits per heavy atom. The minimum atomic E-state index is 0.937. The summed E-state index contributed by atoms with van der Waals surface area (Å²) in [6.45, 7) is 0. The average molecular weight is 699 g/mol. The minimum Gasteiger partial charge on any atom is -0.292 e. The van der Waals surface area contributed by atoms with Crippen molar-refractivity contribution in [3.63, 3.8) is 0 Å². The van der Waals surface area contributed by atoms with Crippen LogP contribution >= 0.6 is 0 Å². The van der Waals surface area contributed by atoms with Crippen LogP contribution in [-0.2, 0) is 0 Å². The molecule has 0 saturated heterocycles. The molecule has 0 unspecified atom stereocenters. The lowest BCUT2D eigenvalue weighted by atomic mass is 9.91. The number of benzene rings is 9. The number of rotatable bonds is 3. The van der Waals surface area contributed by atoms with Crippen molar-refractivity contribution in [2.45, 2.75) is 0 Å². The molecule has 0 radical (unpaired) electrons. The van der Waals surface area contributed by atoms with Crippen molar-refractivity contribution in [1.29, 1.82) is 0 Å². The summed E-state index contributed by atoms with van der Waals surface area (Å²) in [6, 6.07) is 75.0. The number of nitrogens with zero attached hydrogens (tertiary/aromatic N) is 2. The molecule has 2 nitrogen and oxygen atoms in total. The number of fused-ring (bicyclic) bond motifs is 13. The predicted molar refractivity (Wildman–Crippen MR) is 235 cm³/mol. The Balaban J connectivity index is 1.22.